The zero-order valence-corrected chi connectivity index (χ0v) is 14.4. The minimum Gasteiger partial charge on any atom is -0.691 e. The Kier molecular flexibility index (Phi) is 10.4. The molecule has 0 aliphatic carbocycles. The van der Waals surface area contributed by atoms with Crippen LogP contribution in [0.15, 0.2) is 23.1 Å². The van der Waals surface area contributed by atoms with Gasteiger partial charge in [-0.2, -0.15) is 4.33 Å². The summed E-state index contributed by atoms with van der Waals surface area (Å²) in [4.78, 5) is 11.9. The first-order valence-electron chi connectivity index (χ1n) is 4.68. The Bertz CT molecular complexity index is 391. The first-order valence-corrected chi connectivity index (χ1v) is 6.54. The SMILES string of the molecule is Cc1ccc(OC(=O)CCBr)cc1SOO[O-].[Na+]. The van der Waals surface area contributed by atoms with Gasteiger partial charge in [0.2, 0.25) is 0 Å². The number of carbonyl (C=O) groups is 1. The summed E-state index contributed by atoms with van der Waals surface area (Å²) in [5.74, 6) is 0.0706. The summed E-state index contributed by atoms with van der Waals surface area (Å²) < 4.78 is 9.29. The molecule has 0 heterocycles. The van der Waals surface area contributed by atoms with Crippen molar-refractivity contribution in [2.24, 2.45) is 0 Å². The molecular weight excluding hydrogens is 335 g/mol. The molecule has 0 fully saturated rings. The molecule has 1 rings (SSSR count). The van der Waals surface area contributed by atoms with Gasteiger partial charge in [0.1, 0.15) is 5.75 Å². The first-order chi connectivity index (χ1) is 8.17. The second-order valence-electron chi connectivity index (χ2n) is 3.06. The summed E-state index contributed by atoms with van der Waals surface area (Å²) in [7, 11) is 0. The topological polar surface area (TPSA) is 67.8 Å². The number of benzene rings is 1. The third-order valence-corrected chi connectivity index (χ3v) is 2.98. The van der Waals surface area contributed by atoms with E-state index in [0.717, 1.165) is 17.6 Å². The van der Waals surface area contributed by atoms with Gasteiger partial charge < -0.3 is 9.99 Å². The second kappa shape index (κ2) is 10.2. The van der Waals surface area contributed by atoms with Crippen molar-refractivity contribution in [1.29, 1.82) is 0 Å². The van der Waals surface area contributed by atoms with E-state index < -0.39 is 0 Å². The van der Waals surface area contributed by atoms with Crippen LogP contribution in [0.3, 0.4) is 0 Å². The van der Waals surface area contributed by atoms with Crippen molar-refractivity contribution in [3.05, 3.63) is 23.8 Å². The normalized spacial score (nSPS) is 9.72. The number of carbonyl (C=O) groups excluding carboxylic acids is 1. The van der Waals surface area contributed by atoms with Gasteiger partial charge in [-0.25, -0.2) is 0 Å². The Hall–Kier alpha value is 0.400. The predicted molar refractivity (Wildman–Crippen MR) is 63.3 cm³/mol. The van der Waals surface area contributed by atoms with Crippen molar-refractivity contribution < 1.29 is 53.7 Å². The monoisotopic (exact) mass is 344 g/mol. The molecule has 0 bridgehead atoms. The van der Waals surface area contributed by atoms with Crippen LogP contribution >= 0.6 is 28.0 Å². The maximum absolute atomic E-state index is 11.3. The molecule has 0 unspecified atom stereocenters. The zero-order chi connectivity index (χ0) is 12.7. The zero-order valence-electron chi connectivity index (χ0n) is 9.97. The van der Waals surface area contributed by atoms with Gasteiger partial charge in [0, 0.05) is 10.2 Å². The number of alkyl halides is 1. The smallest absolute Gasteiger partial charge is 0.691 e. The van der Waals surface area contributed by atoms with Crippen LogP contribution in [0.4, 0.5) is 0 Å². The van der Waals surface area contributed by atoms with E-state index in [1.165, 1.54) is 0 Å². The van der Waals surface area contributed by atoms with E-state index in [2.05, 4.69) is 25.3 Å². The fourth-order valence-electron chi connectivity index (χ4n) is 1.04. The molecule has 1 aromatic rings. The Labute approximate surface area is 140 Å². The molecule has 0 aliphatic heterocycles. The molecule has 0 saturated carbocycles. The summed E-state index contributed by atoms with van der Waals surface area (Å²) in [6.07, 6.45) is 0.288. The van der Waals surface area contributed by atoms with E-state index in [1.807, 2.05) is 6.92 Å². The average Bonchev–Trinajstić information content (AvgIpc) is 2.30. The van der Waals surface area contributed by atoms with Gasteiger partial charge in [0.15, 0.2) is 0 Å². The molecule has 0 atom stereocenters. The summed E-state index contributed by atoms with van der Waals surface area (Å²) in [5.41, 5.74) is 0.882. The van der Waals surface area contributed by atoms with E-state index in [0.29, 0.717) is 16.0 Å². The molecular formula is C10H10BrNaO5S. The number of halogens is 1. The van der Waals surface area contributed by atoms with Crippen LogP contribution < -0.4 is 39.6 Å². The maximum atomic E-state index is 11.3. The van der Waals surface area contributed by atoms with Crippen molar-refractivity contribution in [3.8, 4) is 5.75 Å². The van der Waals surface area contributed by atoms with E-state index in [-0.39, 0.29) is 41.9 Å². The number of esters is 1. The van der Waals surface area contributed by atoms with Crippen molar-refractivity contribution in [3.63, 3.8) is 0 Å². The van der Waals surface area contributed by atoms with Crippen LogP contribution in [0, 0.1) is 6.92 Å². The summed E-state index contributed by atoms with van der Waals surface area (Å²) in [5, 5.41) is 13.5. The standard InChI is InChI=1S/C10H11BrO5S.Na/c1-7-2-3-8(14-10(12)4-5-11)6-9(7)17-16-15-13;/h2-3,6,13H,4-5H2,1H3;/q;+1/p-1. The summed E-state index contributed by atoms with van der Waals surface area (Å²) in [6.45, 7) is 1.83. The van der Waals surface area contributed by atoms with Crippen LogP contribution in [0.2, 0.25) is 0 Å². The van der Waals surface area contributed by atoms with Gasteiger partial charge in [-0.1, -0.05) is 22.0 Å². The third-order valence-electron chi connectivity index (χ3n) is 1.84. The molecule has 0 radical (unpaired) electrons. The molecule has 0 amide bonds. The summed E-state index contributed by atoms with van der Waals surface area (Å²) in [6, 6.07) is 5.03. The Morgan fingerprint density at radius 2 is 2.22 bits per heavy atom. The number of rotatable bonds is 6. The van der Waals surface area contributed by atoms with Crippen LogP contribution in [0.25, 0.3) is 0 Å². The van der Waals surface area contributed by atoms with Crippen LogP contribution in [0.1, 0.15) is 12.0 Å². The number of ether oxygens (including phenoxy) is 1. The molecule has 94 valence electrons. The van der Waals surface area contributed by atoms with E-state index in [1.54, 1.807) is 18.2 Å². The molecule has 0 aromatic heterocycles. The van der Waals surface area contributed by atoms with Crippen LogP contribution in [-0.2, 0) is 14.2 Å². The first kappa shape index (κ1) is 18.4. The van der Waals surface area contributed by atoms with E-state index in [9.17, 15) is 10.1 Å². The van der Waals surface area contributed by atoms with E-state index >= 15 is 0 Å². The third kappa shape index (κ3) is 6.53. The maximum Gasteiger partial charge on any atom is 1.00 e. The molecule has 8 heteroatoms. The van der Waals surface area contributed by atoms with Gasteiger partial charge in [-0.15, -0.1) is 0 Å². The number of hydrogen-bond donors (Lipinski definition) is 0. The summed E-state index contributed by atoms with van der Waals surface area (Å²) >= 11 is 3.91. The Morgan fingerprint density at radius 1 is 1.50 bits per heavy atom. The Balaban J connectivity index is 0.00000289. The minimum atomic E-state index is -0.331. The van der Waals surface area contributed by atoms with Gasteiger partial charge in [-0.05, 0) is 24.6 Å². The van der Waals surface area contributed by atoms with Gasteiger partial charge in [-0.3, -0.25) is 9.83 Å². The van der Waals surface area contributed by atoms with Gasteiger partial charge in [0.25, 0.3) is 0 Å². The molecule has 0 aliphatic rings. The fourth-order valence-corrected chi connectivity index (χ4v) is 1.83. The molecule has 18 heavy (non-hydrogen) atoms. The molecule has 0 saturated heterocycles. The van der Waals surface area contributed by atoms with Gasteiger partial charge in [0.05, 0.1) is 18.5 Å². The van der Waals surface area contributed by atoms with Crippen molar-refractivity contribution in [1.82, 2.24) is 0 Å². The van der Waals surface area contributed by atoms with Crippen molar-refractivity contribution >= 4 is 33.9 Å². The predicted octanol–water partition coefficient (Wildman–Crippen LogP) is -1.08. The molecule has 0 spiro atoms. The average molecular weight is 345 g/mol. The number of hydrogen-bond acceptors (Lipinski definition) is 6. The minimum absolute atomic E-state index is 0. The number of aryl methyl sites for hydroxylation is 1. The van der Waals surface area contributed by atoms with Crippen LogP contribution in [-0.4, -0.2) is 11.3 Å². The van der Waals surface area contributed by atoms with Crippen molar-refractivity contribution in [2.45, 2.75) is 18.2 Å². The molecule has 1 aromatic carbocycles. The largest absolute Gasteiger partial charge is 1.00 e. The molecule has 5 nitrogen and oxygen atoms in total. The molecule has 0 N–H and O–H groups in total. The second-order valence-corrected chi connectivity index (χ2v) is 4.60. The van der Waals surface area contributed by atoms with Crippen molar-refractivity contribution in [2.75, 3.05) is 5.33 Å². The fraction of sp³-hybridized carbons (Fsp3) is 0.300. The van der Waals surface area contributed by atoms with Crippen LogP contribution in [0.5, 0.6) is 5.75 Å². The quantitative estimate of drug-likeness (QED) is 0.124. The Morgan fingerprint density at radius 3 is 2.83 bits per heavy atom. The van der Waals surface area contributed by atoms with Gasteiger partial charge >= 0.3 is 35.5 Å². The van der Waals surface area contributed by atoms with E-state index in [4.69, 9.17) is 4.74 Å².